The molecule has 168 valence electrons. The minimum Gasteiger partial charge on any atom is -0.449 e. The number of hydrogen-bond acceptors (Lipinski definition) is 6. The number of carbonyl (C=O) groups is 2. The summed E-state index contributed by atoms with van der Waals surface area (Å²) in [6.45, 7) is 2.23. The number of ether oxygens (including phenoxy) is 1. The van der Waals surface area contributed by atoms with Gasteiger partial charge in [-0.2, -0.15) is 9.57 Å². The molecule has 1 saturated carbocycles. The summed E-state index contributed by atoms with van der Waals surface area (Å²) in [5.41, 5.74) is -0.956. The third-order valence-corrected chi connectivity index (χ3v) is 8.17. The van der Waals surface area contributed by atoms with Crippen LogP contribution < -0.4 is 5.32 Å². The van der Waals surface area contributed by atoms with E-state index in [1.54, 1.807) is 0 Å². The van der Waals surface area contributed by atoms with Gasteiger partial charge in [-0.05, 0) is 50.8 Å². The zero-order chi connectivity index (χ0) is 22.6. The quantitative estimate of drug-likeness (QED) is 0.642. The van der Waals surface area contributed by atoms with Crippen LogP contribution in [0.5, 0.6) is 0 Å². The van der Waals surface area contributed by atoms with Crippen molar-refractivity contribution in [1.82, 2.24) is 9.62 Å². The van der Waals surface area contributed by atoms with Crippen molar-refractivity contribution in [2.45, 2.75) is 68.4 Å². The van der Waals surface area contributed by atoms with Crippen molar-refractivity contribution in [3.63, 3.8) is 0 Å². The van der Waals surface area contributed by atoms with Gasteiger partial charge in [0.2, 0.25) is 10.0 Å². The number of rotatable bonds is 6. The molecular formula is C21H26ClN3O5S. The maximum atomic E-state index is 12.8. The number of benzene rings is 1. The van der Waals surface area contributed by atoms with Gasteiger partial charge in [0.05, 0.1) is 16.7 Å². The standard InChI is InChI=1S/C21H26ClN3O5S/c1-15(19(26)24-21(14-23)9-3-2-4-10-21)30-20(27)16-7-8-17(22)18(13-16)31(28,29)25-11-5-6-12-25/h7-8,13,15H,2-6,9-12H2,1H3,(H,24,26). The van der Waals surface area contributed by atoms with E-state index in [1.165, 1.54) is 29.4 Å². The van der Waals surface area contributed by atoms with Crippen LogP contribution in [0.15, 0.2) is 23.1 Å². The smallest absolute Gasteiger partial charge is 0.338 e. The van der Waals surface area contributed by atoms with Gasteiger partial charge in [-0.25, -0.2) is 13.2 Å². The summed E-state index contributed by atoms with van der Waals surface area (Å²) in [6.07, 6.45) is 4.24. The van der Waals surface area contributed by atoms with Crippen LogP contribution in [-0.4, -0.2) is 49.3 Å². The molecule has 1 aliphatic carbocycles. The summed E-state index contributed by atoms with van der Waals surface area (Å²) in [4.78, 5) is 25.0. The molecule has 1 aromatic carbocycles. The van der Waals surface area contributed by atoms with Gasteiger partial charge in [-0.15, -0.1) is 0 Å². The van der Waals surface area contributed by atoms with E-state index in [0.717, 1.165) is 32.1 Å². The molecule has 1 saturated heterocycles. The Balaban J connectivity index is 1.71. The van der Waals surface area contributed by atoms with Crippen LogP contribution in [0.25, 0.3) is 0 Å². The molecule has 0 radical (unpaired) electrons. The summed E-state index contributed by atoms with van der Waals surface area (Å²) in [6, 6.07) is 6.06. The fourth-order valence-corrected chi connectivity index (χ4v) is 5.95. The summed E-state index contributed by atoms with van der Waals surface area (Å²) in [5, 5.41) is 12.2. The van der Waals surface area contributed by atoms with Crippen LogP contribution in [0.3, 0.4) is 0 Å². The van der Waals surface area contributed by atoms with E-state index >= 15 is 0 Å². The lowest BCUT2D eigenvalue weighted by Crippen LogP contribution is -2.52. The molecule has 8 nitrogen and oxygen atoms in total. The van der Waals surface area contributed by atoms with Gasteiger partial charge in [0.1, 0.15) is 10.4 Å². The number of sulfonamides is 1. The Labute approximate surface area is 187 Å². The van der Waals surface area contributed by atoms with Crippen molar-refractivity contribution in [3.8, 4) is 6.07 Å². The molecule has 1 heterocycles. The van der Waals surface area contributed by atoms with Crippen molar-refractivity contribution in [2.75, 3.05) is 13.1 Å². The van der Waals surface area contributed by atoms with E-state index in [1.807, 2.05) is 0 Å². The predicted octanol–water partition coefficient (Wildman–Crippen LogP) is 3.01. The summed E-state index contributed by atoms with van der Waals surface area (Å²) in [7, 11) is -3.82. The molecule has 0 bridgehead atoms. The summed E-state index contributed by atoms with van der Waals surface area (Å²) < 4.78 is 32.3. The second-order valence-electron chi connectivity index (χ2n) is 8.05. The topological polar surface area (TPSA) is 117 Å². The molecule has 2 fully saturated rings. The SMILES string of the molecule is CC(OC(=O)c1ccc(Cl)c(S(=O)(=O)N2CCCC2)c1)C(=O)NC1(C#N)CCCCC1. The van der Waals surface area contributed by atoms with Crippen molar-refractivity contribution in [2.24, 2.45) is 0 Å². The first-order chi connectivity index (χ1) is 14.7. The van der Waals surface area contributed by atoms with Crippen LogP contribution in [0.2, 0.25) is 5.02 Å². The highest BCUT2D eigenvalue weighted by atomic mass is 35.5. The van der Waals surface area contributed by atoms with Gasteiger partial charge in [-0.3, -0.25) is 4.79 Å². The first-order valence-corrected chi connectivity index (χ1v) is 12.2. The van der Waals surface area contributed by atoms with Gasteiger partial charge in [0.15, 0.2) is 6.10 Å². The van der Waals surface area contributed by atoms with Crippen LogP contribution in [0.1, 0.15) is 62.2 Å². The van der Waals surface area contributed by atoms with Gasteiger partial charge in [0.25, 0.3) is 5.91 Å². The minimum absolute atomic E-state index is 0.0162. The lowest BCUT2D eigenvalue weighted by Gasteiger charge is -2.32. The Kier molecular flexibility index (Phi) is 7.24. The first-order valence-electron chi connectivity index (χ1n) is 10.4. The second kappa shape index (κ2) is 9.55. The molecule has 1 aliphatic heterocycles. The molecule has 1 amide bonds. The average Bonchev–Trinajstić information content (AvgIpc) is 3.30. The first kappa shape index (κ1) is 23.5. The fourth-order valence-electron chi connectivity index (χ4n) is 3.94. The molecule has 10 heteroatoms. The number of nitrogens with one attached hydrogen (secondary N) is 1. The number of hydrogen-bond donors (Lipinski definition) is 1. The lowest BCUT2D eigenvalue weighted by atomic mass is 9.83. The summed E-state index contributed by atoms with van der Waals surface area (Å²) >= 11 is 6.11. The van der Waals surface area contributed by atoms with Gasteiger partial charge >= 0.3 is 5.97 Å². The van der Waals surface area contributed by atoms with Crippen LogP contribution in [0, 0.1) is 11.3 Å². The maximum Gasteiger partial charge on any atom is 0.338 e. The largest absolute Gasteiger partial charge is 0.449 e. The fraction of sp³-hybridized carbons (Fsp3) is 0.571. The van der Waals surface area contributed by atoms with Crippen molar-refractivity contribution in [3.05, 3.63) is 28.8 Å². The third-order valence-electron chi connectivity index (χ3n) is 5.79. The molecule has 1 aromatic rings. The minimum atomic E-state index is -3.82. The van der Waals surface area contributed by atoms with Crippen LogP contribution in [-0.2, 0) is 19.6 Å². The van der Waals surface area contributed by atoms with Gasteiger partial charge in [-0.1, -0.05) is 30.9 Å². The highest BCUT2D eigenvalue weighted by Gasteiger charge is 2.36. The monoisotopic (exact) mass is 467 g/mol. The Hall–Kier alpha value is -2.15. The van der Waals surface area contributed by atoms with E-state index in [4.69, 9.17) is 16.3 Å². The molecule has 3 rings (SSSR count). The lowest BCUT2D eigenvalue weighted by molar-refractivity contribution is -0.130. The van der Waals surface area contributed by atoms with Crippen molar-refractivity contribution < 1.29 is 22.7 Å². The normalized spacial score (nSPS) is 19.9. The summed E-state index contributed by atoms with van der Waals surface area (Å²) in [5.74, 6) is -1.40. The zero-order valence-electron chi connectivity index (χ0n) is 17.4. The van der Waals surface area contributed by atoms with Crippen LogP contribution in [0.4, 0.5) is 0 Å². The Bertz CT molecular complexity index is 993. The van der Waals surface area contributed by atoms with E-state index in [9.17, 15) is 23.3 Å². The molecule has 1 N–H and O–H groups in total. The Morgan fingerprint density at radius 1 is 1.19 bits per heavy atom. The number of carbonyl (C=O) groups excluding carboxylic acids is 2. The highest BCUT2D eigenvalue weighted by Crippen LogP contribution is 2.29. The molecule has 0 spiro atoms. The molecular weight excluding hydrogens is 442 g/mol. The van der Waals surface area contributed by atoms with Gasteiger partial charge in [0, 0.05) is 13.1 Å². The highest BCUT2D eigenvalue weighted by molar-refractivity contribution is 7.89. The molecule has 31 heavy (non-hydrogen) atoms. The van der Waals surface area contributed by atoms with Gasteiger partial charge < -0.3 is 10.1 Å². The van der Waals surface area contributed by atoms with E-state index in [0.29, 0.717) is 25.9 Å². The van der Waals surface area contributed by atoms with E-state index in [-0.39, 0.29) is 15.5 Å². The Morgan fingerprint density at radius 3 is 2.45 bits per heavy atom. The number of nitrogens with zero attached hydrogens (tertiary/aromatic N) is 2. The average molecular weight is 468 g/mol. The van der Waals surface area contributed by atoms with E-state index < -0.39 is 33.5 Å². The van der Waals surface area contributed by atoms with Crippen molar-refractivity contribution >= 4 is 33.5 Å². The molecule has 0 aromatic heterocycles. The number of nitriles is 1. The second-order valence-corrected chi connectivity index (χ2v) is 10.4. The predicted molar refractivity (Wildman–Crippen MR) is 114 cm³/mol. The number of amides is 1. The Morgan fingerprint density at radius 2 is 1.84 bits per heavy atom. The van der Waals surface area contributed by atoms with Crippen LogP contribution >= 0.6 is 11.6 Å². The van der Waals surface area contributed by atoms with E-state index in [2.05, 4.69) is 11.4 Å². The van der Waals surface area contributed by atoms with Crippen molar-refractivity contribution in [1.29, 1.82) is 5.26 Å². The third kappa shape index (κ3) is 5.20. The number of esters is 1. The molecule has 1 atom stereocenters. The maximum absolute atomic E-state index is 12.8. The number of halogens is 1. The molecule has 2 aliphatic rings. The molecule has 1 unspecified atom stereocenters. The zero-order valence-corrected chi connectivity index (χ0v) is 19.0.